The molecule has 5 rings (SSSR count). The van der Waals surface area contributed by atoms with Gasteiger partial charge in [0.05, 0.1) is 0 Å². The summed E-state index contributed by atoms with van der Waals surface area (Å²) in [6, 6.07) is 8.45. The zero-order valence-corrected chi connectivity index (χ0v) is 17.2. The maximum absolute atomic E-state index is 12.5. The molecule has 27 heavy (non-hydrogen) atoms. The largest absolute Gasteiger partial charge is 0.484 e. The minimum atomic E-state index is 0.0178. The van der Waals surface area contributed by atoms with Gasteiger partial charge in [0.25, 0.3) is 5.91 Å². The average molecular weight is 370 g/mol. The van der Waals surface area contributed by atoms with E-state index < -0.39 is 0 Å². The van der Waals surface area contributed by atoms with Gasteiger partial charge in [-0.25, -0.2) is 0 Å². The highest BCUT2D eigenvalue weighted by atomic mass is 16.5. The Labute approximate surface area is 164 Å². The Kier molecular flexibility index (Phi) is 5.22. The van der Waals surface area contributed by atoms with Crippen molar-refractivity contribution in [2.75, 3.05) is 6.61 Å². The van der Waals surface area contributed by atoms with E-state index in [1.165, 1.54) is 44.1 Å². The molecule has 0 radical (unpaired) electrons. The van der Waals surface area contributed by atoms with Crippen molar-refractivity contribution < 1.29 is 9.53 Å². The van der Waals surface area contributed by atoms with Crippen LogP contribution in [0.3, 0.4) is 0 Å². The highest BCUT2D eigenvalue weighted by Crippen LogP contribution is 2.61. The molecule has 4 aliphatic carbocycles. The van der Waals surface area contributed by atoms with E-state index in [1.807, 2.05) is 12.1 Å². The molecule has 4 aliphatic rings. The summed E-state index contributed by atoms with van der Waals surface area (Å²) >= 11 is 0. The van der Waals surface area contributed by atoms with Crippen molar-refractivity contribution in [3.05, 3.63) is 29.8 Å². The number of nitrogens with one attached hydrogen (secondary N) is 1. The van der Waals surface area contributed by atoms with E-state index in [-0.39, 0.29) is 18.6 Å². The van der Waals surface area contributed by atoms with Gasteiger partial charge in [-0.3, -0.25) is 4.79 Å². The zero-order valence-electron chi connectivity index (χ0n) is 17.2. The van der Waals surface area contributed by atoms with Crippen molar-refractivity contribution in [2.45, 2.75) is 77.7 Å². The number of hydrogen-bond donors (Lipinski definition) is 1. The lowest BCUT2D eigenvalue weighted by Crippen LogP contribution is -2.56. The SMILES string of the molecule is CC[C@@H](C)c1ccc(OCC(=O)N[C@H](C)C23CC4CC(CC(C4)C2)C3)cc1. The Morgan fingerprint density at radius 3 is 2.15 bits per heavy atom. The first-order valence-corrected chi connectivity index (χ1v) is 11.0. The predicted molar refractivity (Wildman–Crippen MR) is 109 cm³/mol. The smallest absolute Gasteiger partial charge is 0.258 e. The molecule has 3 nitrogen and oxygen atoms in total. The van der Waals surface area contributed by atoms with E-state index in [9.17, 15) is 4.79 Å². The molecular weight excluding hydrogens is 334 g/mol. The predicted octanol–water partition coefficient (Wildman–Crippen LogP) is 5.30. The van der Waals surface area contributed by atoms with E-state index in [1.54, 1.807) is 0 Å². The molecule has 1 N–H and O–H groups in total. The van der Waals surface area contributed by atoms with Gasteiger partial charge >= 0.3 is 0 Å². The highest BCUT2D eigenvalue weighted by Gasteiger charge is 2.53. The molecule has 0 heterocycles. The van der Waals surface area contributed by atoms with Gasteiger partial charge in [0.1, 0.15) is 5.75 Å². The molecule has 2 atom stereocenters. The third-order valence-electron chi connectivity index (χ3n) is 7.81. The van der Waals surface area contributed by atoms with Gasteiger partial charge in [0.15, 0.2) is 6.61 Å². The third-order valence-corrected chi connectivity index (χ3v) is 7.81. The molecule has 4 saturated carbocycles. The van der Waals surface area contributed by atoms with Gasteiger partial charge in [-0.1, -0.05) is 26.0 Å². The van der Waals surface area contributed by atoms with Gasteiger partial charge in [-0.2, -0.15) is 0 Å². The number of ether oxygens (including phenoxy) is 1. The van der Waals surface area contributed by atoms with Crippen molar-refractivity contribution in [3.63, 3.8) is 0 Å². The molecule has 0 spiro atoms. The highest BCUT2D eigenvalue weighted by molar-refractivity contribution is 5.77. The van der Waals surface area contributed by atoms with Crippen LogP contribution >= 0.6 is 0 Å². The molecule has 0 unspecified atom stereocenters. The van der Waals surface area contributed by atoms with Crippen LogP contribution < -0.4 is 10.1 Å². The van der Waals surface area contributed by atoms with Gasteiger partial charge in [0, 0.05) is 6.04 Å². The fourth-order valence-electron chi connectivity index (χ4n) is 6.42. The van der Waals surface area contributed by atoms with E-state index in [0.717, 1.165) is 29.9 Å². The second kappa shape index (κ2) is 7.48. The minimum Gasteiger partial charge on any atom is -0.484 e. The topological polar surface area (TPSA) is 38.3 Å². The van der Waals surface area contributed by atoms with Crippen LogP contribution in [0.4, 0.5) is 0 Å². The lowest BCUT2D eigenvalue weighted by Gasteiger charge is -2.59. The summed E-state index contributed by atoms with van der Waals surface area (Å²) in [5, 5.41) is 3.28. The third kappa shape index (κ3) is 3.88. The molecule has 4 fully saturated rings. The molecule has 1 aromatic carbocycles. The molecule has 0 saturated heterocycles. The van der Waals surface area contributed by atoms with Crippen LogP contribution in [0.5, 0.6) is 5.75 Å². The normalized spacial score (nSPS) is 33.5. The van der Waals surface area contributed by atoms with Crippen molar-refractivity contribution in [2.24, 2.45) is 23.2 Å². The van der Waals surface area contributed by atoms with Crippen LogP contribution in [0.1, 0.15) is 77.2 Å². The average Bonchev–Trinajstić information content (AvgIpc) is 2.65. The number of carbonyl (C=O) groups excluding carboxylic acids is 1. The molecule has 0 aromatic heterocycles. The molecule has 1 amide bonds. The maximum atomic E-state index is 12.5. The van der Waals surface area contributed by atoms with Crippen molar-refractivity contribution >= 4 is 5.91 Å². The second-order valence-corrected chi connectivity index (χ2v) is 9.74. The molecular formula is C24H35NO2. The Morgan fingerprint density at radius 2 is 1.63 bits per heavy atom. The second-order valence-electron chi connectivity index (χ2n) is 9.74. The maximum Gasteiger partial charge on any atom is 0.258 e. The van der Waals surface area contributed by atoms with E-state index in [2.05, 4.69) is 38.2 Å². The number of rotatable bonds is 7. The summed E-state index contributed by atoms with van der Waals surface area (Å²) in [5.74, 6) is 4.09. The number of benzene rings is 1. The number of hydrogen-bond acceptors (Lipinski definition) is 2. The van der Waals surface area contributed by atoms with Crippen LogP contribution in [0.2, 0.25) is 0 Å². The van der Waals surface area contributed by atoms with E-state index >= 15 is 0 Å². The zero-order chi connectivity index (χ0) is 19.0. The summed E-state index contributed by atoms with van der Waals surface area (Å²) < 4.78 is 5.74. The standard InChI is InChI=1S/C24H35NO2/c1-4-16(2)21-5-7-22(8-6-21)27-15-23(26)25-17(3)24-12-18-9-19(13-24)11-20(10-18)14-24/h5-8,16-20H,4,9-15H2,1-3H3,(H,25,26)/t16-,17-,18?,19?,20?,24?/m1/s1. The van der Waals surface area contributed by atoms with E-state index in [0.29, 0.717) is 11.3 Å². The van der Waals surface area contributed by atoms with E-state index in [4.69, 9.17) is 4.74 Å². The molecule has 0 aliphatic heterocycles. The Balaban J connectivity index is 1.29. The quantitative estimate of drug-likeness (QED) is 0.708. The first-order valence-electron chi connectivity index (χ1n) is 11.0. The van der Waals surface area contributed by atoms with Gasteiger partial charge < -0.3 is 10.1 Å². The minimum absolute atomic E-state index is 0.0178. The van der Waals surface area contributed by atoms with Crippen LogP contribution in [0.15, 0.2) is 24.3 Å². The van der Waals surface area contributed by atoms with Crippen LogP contribution in [0, 0.1) is 23.2 Å². The summed E-state index contributed by atoms with van der Waals surface area (Å²) in [4.78, 5) is 12.5. The number of carbonyl (C=O) groups is 1. The Morgan fingerprint density at radius 1 is 1.07 bits per heavy atom. The molecule has 4 bridgehead atoms. The van der Waals surface area contributed by atoms with Crippen molar-refractivity contribution in [3.8, 4) is 5.75 Å². The van der Waals surface area contributed by atoms with Crippen LogP contribution in [0.25, 0.3) is 0 Å². The molecule has 3 heteroatoms. The van der Waals surface area contributed by atoms with Crippen LogP contribution in [-0.4, -0.2) is 18.6 Å². The Bertz CT molecular complexity index is 630. The first-order chi connectivity index (χ1) is 13.0. The first kappa shape index (κ1) is 18.8. The molecule has 148 valence electrons. The van der Waals surface area contributed by atoms with Crippen molar-refractivity contribution in [1.82, 2.24) is 5.32 Å². The Hall–Kier alpha value is -1.51. The fraction of sp³-hybridized carbons (Fsp3) is 0.708. The summed E-state index contributed by atoms with van der Waals surface area (Å²) in [5.41, 5.74) is 1.67. The van der Waals surface area contributed by atoms with Crippen LogP contribution in [-0.2, 0) is 4.79 Å². The fourth-order valence-corrected chi connectivity index (χ4v) is 6.42. The lowest BCUT2D eigenvalue weighted by atomic mass is 9.48. The van der Waals surface area contributed by atoms with Gasteiger partial charge in [-0.15, -0.1) is 0 Å². The van der Waals surface area contributed by atoms with Gasteiger partial charge in [-0.05, 0) is 98.7 Å². The lowest BCUT2D eigenvalue weighted by molar-refractivity contribution is -0.127. The summed E-state index contributed by atoms with van der Waals surface area (Å²) in [6.07, 6.45) is 9.40. The molecule has 1 aromatic rings. The number of amides is 1. The van der Waals surface area contributed by atoms with Crippen molar-refractivity contribution in [1.29, 1.82) is 0 Å². The summed E-state index contributed by atoms with van der Waals surface area (Å²) in [7, 11) is 0. The monoisotopic (exact) mass is 369 g/mol. The summed E-state index contributed by atoms with van der Waals surface area (Å²) in [6.45, 7) is 6.77. The van der Waals surface area contributed by atoms with Gasteiger partial charge in [0.2, 0.25) is 0 Å².